The predicted molar refractivity (Wildman–Crippen MR) is 153 cm³/mol. The third-order valence-corrected chi connectivity index (χ3v) is 11.2. The summed E-state index contributed by atoms with van der Waals surface area (Å²) in [6.07, 6.45) is 8.36. The van der Waals surface area contributed by atoms with Gasteiger partial charge in [0.1, 0.15) is 12.4 Å². The molecule has 9 nitrogen and oxygen atoms in total. The fourth-order valence-corrected chi connectivity index (χ4v) is 8.25. The lowest BCUT2D eigenvalue weighted by molar-refractivity contribution is -0.137. The molecule has 1 saturated carbocycles. The molecule has 0 radical (unpaired) electrons. The van der Waals surface area contributed by atoms with Crippen LogP contribution in [0.1, 0.15) is 56.1 Å². The van der Waals surface area contributed by atoms with Crippen molar-refractivity contribution >= 4 is 15.9 Å². The van der Waals surface area contributed by atoms with Gasteiger partial charge in [-0.3, -0.25) is 14.6 Å². The van der Waals surface area contributed by atoms with E-state index in [1.165, 1.54) is 56.2 Å². The summed E-state index contributed by atoms with van der Waals surface area (Å²) in [5, 5.41) is 0. The smallest absolute Gasteiger partial charge is 0.248 e. The third-order valence-electron chi connectivity index (χ3n) is 9.04. The second-order valence-corrected chi connectivity index (χ2v) is 13.6. The quantitative estimate of drug-likeness (QED) is 0.382. The van der Waals surface area contributed by atoms with E-state index in [4.69, 9.17) is 9.47 Å². The van der Waals surface area contributed by atoms with Crippen molar-refractivity contribution in [3.63, 3.8) is 0 Å². The molecule has 0 aromatic heterocycles. The second-order valence-electron chi connectivity index (χ2n) is 11.6. The Bertz CT molecular complexity index is 1070. The van der Waals surface area contributed by atoms with Crippen LogP contribution in [0.25, 0.3) is 0 Å². The fraction of sp³-hybridized carbons (Fsp3) is 0.759. The number of carbonyl (C=O) groups excluding carboxylic acids is 1. The van der Waals surface area contributed by atoms with Crippen molar-refractivity contribution in [2.24, 2.45) is 0 Å². The van der Waals surface area contributed by atoms with E-state index < -0.39 is 10.0 Å². The number of carbonyl (C=O) groups is 1. The minimum atomic E-state index is -3.69. The van der Waals surface area contributed by atoms with Crippen molar-refractivity contribution in [3.05, 3.63) is 23.3 Å². The van der Waals surface area contributed by atoms with Gasteiger partial charge >= 0.3 is 0 Å². The highest BCUT2D eigenvalue weighted by Gasteiger charge is 2.36. The molecule has 3 aliphatic rings. The molecule has 4 rings (SSSR count). The minimum absolute atomic E-state index is 0.0348. The zero-order chi connectivity index (χ0) is 28.2. The number of aryl methyl sites for hydroxylation is 2. The molecule has 39 heavy (non-hydrogen) atoms. The summed E-state index contributed by atoms with van der Waals surface area (Å²) in [7, 11) is 1.31. The van der Waals surface area contributed by atoms with Gasteiger partial charge in [-0.2, -0.15) is 4.31 Å². The lowest BCUT2D eigenvalue weighted by atomic mass is 9.89. The molecule has 0 N–H and O–H groups in total. The van der Waals surface area contributed by atoms with E-state index in [1.807, 2.05) is 11.9 Å². The number of hydrogen-bond donors (Lipinski definition) is 0. The van der Waals surface area contributed by atoms with Crippen LogP contribution in [0.5, 0.6) is 5.75 Å². The molecular weight excluding hydrogens is 516 g/mol. The van der Waals surface area contributed by atoms with Gasteiger partial charge in [-0.15, -0.1) is 0 Å². The summed E-state index contributed by atoms with van der Waals surface area (Å²) in [6.45, 7) is 8.68. The predicted octanol–water partition coefficient (Wildman–Crippen LogP) is 2.89. The number of hydrogen-bond acceptors (Lipinski definition) is 7. The van der Waals surface area contributed by atoms with Crippen molar-refractivity contribution < 1.29 is 22.7 Å². The Hall–Kier alpha value is -1.72. The minimum Gasteiger partial charge on any atom is -0.497 e. The van der Waals surface area contributed by atoms with Crippen LogP contribution in [0, 0.1) is 13.8 Å². The summed E-state index contributed by atoms with van der Waals surface area (Å²) in [4.78, 5) is 20.5. The van der Waals surface area contributed by atoms with Crippen LogP contribution in [0.3, 0.4) is 0 Å². The fourth-order valence-electron chi connectivity index (χ4n) is 6.70. The van der Waals surface area contributed by atoms with Gasteiger partial charge in [0, 0.05) is 51.9 Å². The molecule has 3 fully saturated rings. The molecule has 0 spiro atoms. The number of benzene rings is 1. The second kappa shape index (κ2) is 13.3. The Balaban J connectivity index is 1.22. The lowest BCUT2D eigenvalue weighted by Gasteiger charge is -2.39. The van der Waals surface area contributed by atoms with E-state index in [1.54, 1.807) is 40.1 Å². The topological polar surface area (TPSA) is 82.6 Å². The monoisotopic (exact) mass is 564 g/mol. The highest BCUT2D eigenvalue weighted by atomic mass is 32.2. The standard InChI is InChI=1S/C29H48N4O5S/c1-22-17-27(37-5)18-23(2)29(22)39(35,36)30(3)15-16-38-21-28(34)31(4)24-9-8-10-25(19-24)33-14-11-26(20-33)32-12-6-7-13-32/h17-18,24-26H,6-16,19-21H2,1-5H3/t24-,25+,26-/m0/s1. The molecular formula is C29H48N4O5S. The number of likely N-dealkylation sites (N-methyl/N-ethyl adjacent to an activating group) is 2. The first kappa shape index (κ1) is 30.2. The van der Waals surface area contributed by atoms with E-state index in [0.717, 1.165) is 19.3 Å². The molecule has 220 valence electrons. The maximum Gasteiger partial charge on any atom is 0.248 e. The molecule has 0 unspecified atom stereocenters. The number of amides is 1. The molecule has 1 aliphatic carbocycles. The van der Waals surface area contributed by atoms with Crippen LogP contribution in [-0.4, -0.2) is 119 Å². The Morgan fingerprint density at radius 3 is 2.33 bits per heavy atom. The van der Waals surface area contributed by atoms with Crippen LogP contribution in [0.4, 0.5) is 0 Å². The molecule has 0 bridgehead atoms. The SMILES string of the molecule is COc1cc(C)c(S(=O)(=O)N(C)CCOCC(=O)N(C)[C@H]2CCC[C@@H](N3CC[C@H](N4CCCC4)C3)C2)c(C)c1. The van der Waals surface area contributed by atoms with Gasteiger partial charge in [-0.05, 0) is 95.1 Å². The van der Waals surface area contributed by atoms with E-state index in [2.05, 4.69) is 9.80 Å². The van der Waals surface area contributed by atoms with E-state index in [9.17, 15) is 13.2 Å². The van der Waals surface area contributed by atoms with Crippen molar-refractivity contribution in [2.45, 2.75) is 81.8 Å². The van der Waals surface area contributed by atoms with Gasteiger partial charge < -0.3 is 14.4 Å². The molecule has 10 heteroatoms. The normalized spacial score (nSPS) is 24.9. The number of methoxy groups -OCH3 is 1. The lowest BCUT2D eigenvalue weighted by Crippen LogP contribution is -2.47. The molecule has 1 aromatic carbocycles. The first-order valence-corrected chi connectivity index (χ1v) is 16.0. The molecule has 3 atom stereocenters. The van der Waals surface area contributed by atoms with Gasteiger partial charge in [0.15, 0.2) is 0 Å². The van der Waals surface area contributed by atoms with Crippen molar-refractivity contribution in [1.29, 1.82) is 0 Å². The van der Waals surface area contributed by atoms with Crippen LogP contribution >= 0.6 is 0 Å². The van der Waals surface area contributed by atoms with Gasteiger partial charge in [-0.1, -0.05) is 0 Å². The maximum absolute atomic E-state index is 13.2. The Kier molecular flexibility index (Phi) is 10.3. The van der Waals surface area contributed by atoms with E-state index >= 15 is 0 Å². The maximum atomic E-state index is 13.2. The van der Waals surface area contributed by atoms with Crippen LogP contribution in [0.15, 0.2) is 17.0 Å². The first-order valence-electron chi connectivity index (χ1n) is 14.5. The molecule has 1 amide bonds. The average Bonchev–Trinajstić information content (AvgIpc) is 3.62. The zero-order valence-corrected chi connectivity index (χ0v) is 25.3. The Morgan fingerprint density at radius 1 is 0.974 bits per heavy atom. The van der Waals surface area contributed by atoms with Crippen LogP contribution in [0.2, 0.25) is 0 Å². The number of nitrogens with zero attached hydrogens (tertiary/aromatic N) is 4. The van der Waals surface area contributed by atoms with Gasteiger partial charge in [0.05, 0.1) is 18.6 Å². The van der Waals surface area contributed by atoms with E-state index in [-0.39, 0.29) is 31.7 Å². The number of likely N-dealkylation sites (tertiary alicyclic amines) is 2. The summed E-state index contributed by atoms with van der Waals surface area (Å²) in [5.41, 5.74) is 1.28. The van der Waals surface area contributed by atoms with E-state index in [0.29, 0.717) is 33.9 Å². The van der Waals surface area contributed by atoms with Crippen molar-refractivity contribution in [1.82, 2.24) is 19.0 Å². The highest BCUT2D eigenvalue weighted by Crippen LogP contribution is 2.31. The number of sulfonamides is 1. The largest absolute Gasteiger partial charge is 0.497 e. The van der Waals surface area contributed by atoms with Crippen molar-refractivity contribution in [3.8, 4) is 5.75 Å². The third kappa shape index (κ3) is 7.14. The summed E-state index contributed by atoms with van der Waals surface area (Å²) >= 11 is 0. The van der Waals surface area contributed by atoms with Gasteiger partial charge in [-0.25, -0.2) is 8.42 Å². The van der Waals surface area contributed by atoms with Crippen LogP contribution in [-0.2, 0) is 19.6 Å². The summed E-state index contributed by atoms with van der Waals surface area (Å²) < 4.78 is 38.6. The molecule has 2 saturated heterocycles. The van der Waals surface area contributed by atoms with Gasteiger partial charge in [0.2, 0.25) is 15.9 Å². The number of ether oxygens (including phenoxy) is 2. The Labute approximate surface area is 235 Å². The van der Waals surface area contributed by atoms with Crippen LogP contribution < -0.4 is 4.74 Å². The highest BCUT2D eigenvalue weighted by molar-refractivity contribution is 7.89. The molecule has 2 aliphatic heterocycles. The average molecular weight is 565 g/mol. The van der Waals surface area contributed by atoms with Gasteiger partial charge in [0.25, 0.3) is 0 Å². The first-order chi connectivity index (χ1) is 18.6. The molecule has 2 heterocycles. The number of rotatable bonds is 11. The zero-order valence-electron chi connectivity index (χ0n) is 24.5. The van der Waals surface area contributed by atoms with Crippen molar-refractivity contribution in [2.75, 3.05) is 67.1 Å². The Morgan fingerprint density at radius 2 is 1.67 bits per heavy atom. The summed E-state index contributed by atoms with van der Waals surface area (Å²) in [6, 6.07) is 4.94. The molecule has 1 aromatic rings. The summed E-state index contributed by atoms with van der Waals surface area (Å²) in [5.74, 6) is 0.595.